The minimum absolute atomic E-state index is 0.0138. The van der Waals surface area contributed by atoms with E-state index in [4.69, 9.17) is 27.9 Å². The number of aromatic nitrogens is 4. The molecule has 0 radical (unpaired) electrons. The SMILES string of the molecule is C=CCC(CN(C)C(=O)c1cc(-n2cnnn2)ccc1OC)c1ccc(Cl)c(Cl)c1. The minimum Gasteiger partial charge on any atom is -0.496 e. The third kappa shape index (κ3) is 4.80. The highest BCUT2D eigenvalue weighted by atomic mass is 35.5. The summed E-state index contributed by atoms with van der Waals surface area (Å²) in [7, 11) is 3.28. The average molecular weight is 446 g/mol. The number of hydrogen-bond acceptors (Lipinski definition) is 5. The van der Waals surface area contributed by atoms with Gasteiger partial charge in [-0.25, -0.2) is 4.68 Å². The fourth-order valence-electron chi connectivity index (χ4n) is 3.19. The largest absolute Gasteiger partial charge is 0.496 e. The molecule has 1 unspecified atom stereocenters. The maximum absolute atomic E-state index is 13.3. The van der Waals surface area contributed by atoms with Gasteiger partial charge in [-0.1, -0.05) is 35.3 Å². The van der Waals surface area contributed by atoms with E-state index in [9.17, 15) is 4.79 Å². The second kappa shape index (κ2) is 9.73. The lowest BCUT2D eigenvalue weighted by atomic mass is 9.95. The summed E-state index contributed by atoms with van der Waals surface area (Å²) in [5.74, 6) is 0.300. The first kappa shape index (κ1) is 21.8. The van der Waals surface area contributed by atoms with E-state index in [0.717, 1.165) is 5.56 Å². The quantitative estimate of drug-likeness (QED) is 0.480. The first-order valence-corrected chi connectivity index (χ1v) is 9.93. The third-order valence-corrected chi connectivity index (χ3v) is 5.47. The maximum atomic E-state index is 13.3. The molecule has 0 spiro atoms. The number of tetrazole rings is 1. The summed E-state index contributed by atoms with van der Waals surface area (Å²) >= 11 is 12.2. The smallest absolute Gasteiger partial charge is 0.257 e. The summed E-state index contributed by atoms with van der Waals surface area (Å²) < 4.78 is 6.88. The molecule has 0 N–H and O–H groups in total. The molecule has 1 aromatic heterocycles. The molecule has 9 heteroatoms. The number of rotatable bonds is 8. The van der Waals surface area contributed by atoms with Crippen LogP contribution in [0, 0.1) is 0 Å². The number of nitrogens with zero attached hydrogens (tertiary/aromatic N) is 5. The number of methoxy groups -OCH3 is 1. The van der Waals surface area contributed by atoms with Gasteiger partial charge in [-0.2, -0.15) is 0 Å². The van der Waals surface area contributed by atoms with Crippen molar-refractivity contribution in [2.75, 3.05) is 20.7 Å². The Labute approximate surface area is 184 Å². The molecule has 3 rings (SSSR count). The van der Waals surface area contributed by atoms with Crippen LogP contribution in [-0.4, -0.2) is 51.7 Å². The lowest BCUT2D eigenvalue weighted by Crippen LogP contribution is -2.31. The van der Waals surface area contributed by atoms with Gasteiger partial charge in [0.15, 0.2) is 0 Å². The second-order valence-corrected chi connectivity index (χ2v) is 7.53. The molecule has 0 bridgehead atoms. The highest BCUT2D eigenvalue weighted by Gasteiger charge is 2.22. The molecule has 3 aromatic rings. The number of halogens is 2. The third-order valence-electron chi connectivity index (χ3n) is 4.73. The molecule has 1 atom stereocenters. The highest BCUT2D eigenvalue weighted by molar-refractivity contribution is 6.42. The Bertz CT molecular complexity index is 1040. The Balaban J connectivity index is 1.87. The fourth-order valence-corrected chi connectivity index (χ4v) is 3.49. The van der Waals surface area contributed by atoms with Crippen LogP contribution in [0.5, 0.6) is 5.75 Å². The van der Waals surface area contributed by atoms with Gasteiger partial charge in [-0.3, -0.25) is 4.79 Å². The predicted octanol–water partition coefficient (Wildman–Crippen LogP) is 4.41. The molecule has 1 heterocycles. The molecule has 1 amide bonds. The highest BCUT2D eigenvalue weighted by Crippen LogP contribution is 2.30. The lowest BCUT2D eigenvalue weighted by molar-refractivity contribution is 0.0783. The predicted molar refractivity (Wildman–Crippen MR) is 117 cm³/mol. The molecule has 2 aromatic carbocycles. The van der Waals surface area contributed by atoms with Gasteiger partial charge < -0.3 is 9.64 Å². The molecule has 0 saturated heterocycles. The van der Waals surface area contributed by atoms with Gasteiger partial charge >= 0.3 is 0 Å². The van der Waals surface area contributed by atoms with Crippen LogP contribution in [0.1, 0.15) is 28.3 Å². The number of carbonyl (C=O) groups excluding carboxylic acids is 1. The zero-order valence-electron chi connectivity index (χ0n) is 16.6. The van der Waals surface area contributed by atoms with Crippen molar-refractivity contribution in [1.29, 1.82) is 0 Å². The van der Waals surface area contributed by atoms with E-state index in [1.165, 1.54) is 18.1 Å². The molecule has 0 aliphatic carbocycles. The summed E-state index contributed by atoms with van der Waals surface area (Å²) in [6.45, 7) is 4.30. The molecule has 7 nitrogen and oxygen atoms in total. The van der Waals surface area contributed by atoms with E-state index >= 15 is 0 Å². The molecule has 0 aliphatic rings. The van der Waals surface area contributed by atoms with Crippen molar-refractivity contribution < 1.29 is 9.53 Å². The van der Waals surface area contributed by atoms with Crippen LogP contribution in [0.2, 0.25) is 10.0 Å². The minimum atomic E-state index is -0.184. The Kier molecular flexibility index (Phi) is 7.07. The van der Waals surface area contributed by atoms with Crippen LogP contribution < -0.4 is 4.74 Å². The van der Waals surface area contributed by atoms with E-state index in [1.54, 1.807) is 36.2 Å². The number of benzene rings is 2. The molecule has 156 valence electrons. The van der Waals surface area contributed by atoms with E-state index < -0.39 is 0 Å². The van der Waals surface area contributed by atoms with Gasteiger partial charge in [0.05, 0.1) is 28.4 Å². The average Bonchev–Trinajstić information content (AvgIpc) is 3.29. The number of ether oxygens (including phenoxy) is 1. The zero-order chi connectivity index (χ0) is 21.7. The molecular formula is C21H21Cl2N5O2. The lowest BCUT2D eigenvalue weighted by Gasteiger charge is -2.25. The zero-order valence-corrected chi connectivity index (χ0v) is 18.1. The summed E-state index contributed by atoms with van der Waals surface area (Å²) in [4.78, 5) is 14.9. The van der Waals surface area contributed by atoms with Crippen molar-refractivity contribution in [3.63, 3.8) is 0 Å². The van der Waals surface area contributed by atoms with Crippen LogP contribution in [0.3, 0.4) is 0 Å². The van der Waals surface area contributed by atoms with E-state index in [1.807, 2.05) is 18.2 Å². The van der Waals surface area contributed by atoms with Crippen LogP contribution in [0.4, 0.5) is 0 Å². The fraction of sp³-hybridized carbons (Fsp3) is 0.238. The van der Waals surface area contributed by atoms with Crippen molar-refractivity contribution in [2.45, 2.75) is 12.3 Å². The topological polar surface area (TPSA) is 73.1 Å². The molecule has 30 heavy (non-hydrogen) atoms. The first-order valence-electron chi connectivity index (χ1n) is 9.17. The second-order valence-electron chi connectivity index (χ2n) is 6.72. The van der Waals surface area contributed by atoms with Crippen molar-refractivity contribution in [3.05, 3.63) is 76.6 Å². The standard InChI is InChI=1S/C21H21Cl2N5O2/c1-4-5-15(14-6-8-18(22)19(23)10-14)12-27(2)21(29)17-11-16(7-9-20(17)30-3)28-13-24-25-26-28/h4,6-11,13,15H,1,5,12H2,2-3H3. The number of allylic oxidation sites excluding steroid dienone is 1. The Hall–Kier alpha value is -2.90. The van der Waals surface area contributed by atoms with E-state index in [2.05, 4.69) is 22.1 Å². The van der Waals surface area contributed by atoms with Crippen molar-refractivity contribution in [2.24, 2.45) is 0 Å². The molecule has 0 saturated carbocycles. The number of amides is 1. The number of likely N-dealkylation sites (N-methyl/N-ethyl adjacent to an activating group) is 1. The van der Waals surface area contributed by atoms with Gasteiger partial charge in [-0.15, -0.1) is 11.7 Å². The number of carbonyl (C=O) groups is 1. The summed E-state index contributed by atoms with van der Waals surface area (Å²) in [5, 5.41) is 12.1. The summed E-state index contributed by atoms with van der Waals surface area (Å²) in [5.41, 5.74) is 2.06. The Morgan fingerprint density at radius 2 is 2.07 bits per heavy atom. The van der Waals surface area contributed by atoms with E-state index in [-0.39, 0.29) is 11.8 Å². The molecule has 0 fully saturated rings. The summed E-state index contributed by atoms with van der Waals surface area (Å²) in [6.07, 6.45) is 3.96. The normalized spacial score (nSPS) is 11.7. The van der Waals surface area contributed by atoms with E-state index in [0.29, 0.717) is 40.0 Å². The summed E-state index contributed by atoms with van der Waals surface area (Å²) in [6, 6.07) is 10.7. The van der Waals surface area contributed by atoms with Gasteiger partial charge in [-0.05, 0) is 52.7 Å². The molecular weight excluding hydrogens is 425 g/mol. The van der Waals surface area contributed by atoms with Crippen molar-refractivity contribution in [1.82, 2.24) is 25.1 Å². The monoisotopic (exact) mass is 445 g/mol. The first-order chi connectivity index (χ1) is 14.4. The van der Waals surface area contributed by atoms with Crippen molar-refractivity contribution in [3.8, 4) is 11.4 Å². The van der Waals surface area contributed by atoms with Crippen LogP contribution in [-0.2, 0) is 0 Å². The number of hydrogen-bond donors (Lipinski definition) is 0. The van der Waals surface area contributed by atoms with Crippen LogP contribution in [0.25, 0.3) is 5.69 Å². The van der Waals surface area contributed by atoms with Gasteiger partial charge in [0.2, 0.25) is 0 Å². The Morgan fingerprint density at radius 3 is 2.70 bits per heavy atom. The maximum Gasteiger partial charge on any atom is 0.257 e. The van der Waals surface area contributed by atoms with Crippen LogP contribution >= 0.6 is 23.2 Å². The van der Waals surface area contributed by atoms with Crippen LogP contribution in [0.15, 0.2) is 55.4 Å². The van der Waals surface area contributed by atoms with Crippen molar-refractivity contribution >= 4 is 29.1 Å². The van der Waals surface area contributed by atoms with Gasteiger partial charge in [0, 0.05) is 19.5 Å². The van der Waals surface area contributed by atoms with Gasteiger partial charge in [0.25, 0.3) is 5.91 Å². The molecule has 0 aliphatic heterocycles. The van der Waals surface area contributed by atoms with Gasteiger partial charge in [0.1, 0.15) is 12.1 Å². The Morgan fingerprint density at radius 1 is 1.27 bits per heavy atom.